The van der Waals surface area contributed by atoms with Gasteiger partial charge in [0.2, 0.25) is 0 Å². The summed E-state index contributed by atoms with van der Waals surface area (Å²) in [6, 6.07) is 4.59. The van der Waals surface area contributed by atoms with Crippen LogP contribution in [0, 0.1) is 5.82 Å². The molecule has 96 valence electrons. The van der Waals surface area contributed by atoms with Crippen molar-refractivity contribution >= 4 is 17.4 Å². The van der Waals surface area contributed by atoms with Gasteiger partial charge in [-0.25, -0.2) is 4.39 Å². The maximum absolute atomic E-state index is 14.0. The highest BCUT2D eigenvalue weighted by atomic mass is 35.5. The molecule has 3 nitrogen and oxygen atoms in total. The molecule has 0 aliphatic carbocycles. The minimum atomic E-state index is -0.385. The Balaban J connectivity index is 2.78. The molecule has 0 radical (unpaired) electrons. The molecule has 0 saturated carbocycles. The summed E-state index contributed by atoms with van der Waals surface area (Å²) in [5, 5.41) is 4.68. The average Bonchev–Trinajstić information content (AvgIpc) is 2.57. The van der Waals surface area contributed by atoms with Gasteiger partial charge in [-0.15, -0.1) is 0 Å². The van der Waals surface area contributed by atoms with Crippen molar-refractivity contribution in [3.05, 3.63) is 34.7 Å². The van der Waals surface area contributed by atoms with Gasteiger partial charge in [0.25, 0.3) is 0 Å². The molecule has 0 bridgehead atoms. The van der Waals surface area contributed by atoms with E-state index in [-0.39, 0.29) is 11.7 Å². The first-order valence-corrected chi connectivity index (χ1v) is 6.08. The molecular weight excluding hydrogens is 253 g/mol. The maximum atomic E-state index is 14.0. The van der Waals surface area contributed by atoms with Crippen LogP contribution in [-0.2, 0) is 7.05 Å². The zero-order chi connectivity index (χ0) is 13.4. The number of rotatable bonds is 2. The standard InChI is InChI=1S/C13H15ClFN3/c1-7(2)12-11(13(16)18(3)17-12)10-8(14)5-4-6-9(10)15/h4-7H,16H2,1-3H3. The van der Waals surface area contributed by atoms with Gasteiger partial charge in [-0.05, 0) is 18.1 Å². The molecule has 5 heteroatoms. The first-order valence-electron chi connectivity index (χ1n) is 5.70. The number of nitrogen functional groups attached to an aromatic ring is 1. The SMILES string of the molecule is CC(C)c1nn(C)c(N)c1-c1c(F)cccc1Cl. The fraction of sp³-hybridized carbons (Fsp3) is 0.308. The van der Waals surface area contributed by atoms with E-state index in [4.69, 9.17) is 17.3 Å². The van der Waals surface area contributed by atoms with Gasteiger partial charge in [0.1, 0.15) is 11.6 Å². The van der Waals surface area contributed by atoms with E-state index >= 15 is 0 Å². The maximum Gasteiger partial charge on any atom is 0.132 e. The van der Waals surface area contributed by atoms with Gasteiger partial charge in [-0.3, -0.25) is 4.68 Å². The van der Waals surface area contributed by atoms with Gasteiger partial charge < -0.3 is 5.73 Å². The van der Waals surface area contributed by atoms with Crippen LogP contribution >= 0.6 is 11.6 Å². The lowest BCUT2D eigenvalue weighted by molar-refractivity contribution is 0.631. The molecule has 1 aromatic heterocycles. The number of anilines is 1. The van der Waals surface area contributed by atoms with Gasteiger partial charge in [-0.2, -0.15) is 5.10 Å². The Bertz CT molecular complexity index is 570. The molecule has 2 aromatic rings. The zero-order valence-electron chi connectivity index (χ0n) is 10.5. The Kier molecular flexibility index (Phi) is 3.30. The molecule has 1 heterocycles. The molecule has 0 amide bonds. The van der Waals surface area contributed by atoms with E-state index in [1.54, 1.807) is 23.9 Å². The lowest BCUT2D eigenvalue weighted by Gasteiger charge is -2.09. The lowest BCUT2D eigenvalue weighted by Crippen LogP contribution is -1.98. The Morgan fingerprint density at radius 2 is 2.00 bits per heavy atom. The number of benzene rings is 1. The number of nitrogens with zero attached hydrogens (tertiary/aromatic N) is 2. The van der Waals surface area contributed by atoms with Gasteiger partial charge in [0, 0.05) is 12.6 Å². The van der Waals surface area contributed by atoms with Crippen LogP contribution in [0.3, 0.4) is 0 Å². The molecule has 2 rings (SSSR count). The van der Waals surface area contributed by atoms with E-state index in [1.807, 2.05) is 13.8 Å². The van der Waals surface area contributed by atoms with Crippen molar-refractivity contribution in [1.82, 2.24) is 9.78 Å². The topological polar surface area (TPSA) is 43.8 Å². The van der Waals surface area contributed by atoms with Crippen LogP contribution in [0.15, 0.2) is 18.2 Å². The van der Waals surface area contributed by atoms with Crippen molar-refractivity contribution in [2.45, 2.75) is 19.8 Å². The van der Waals surface area contributed by atoms with Crippen LogP contribution in [0.2, 0.25) is 5.02 Å². The number of aromatic nitrogens is 2. The number of hydrogen-bond acceptors (Lipinski definition) is 2. The Hall–Kier alpha value is -1.55. The summed E-state index contributed by atoms with van der Waals surface area (Å²) in [4.78, 5) is 0. The first-order chi connectivity index (χ1) is 8.43. The monoisotopic (exact) mass is 267 g/mol. The number of halogens is 2. The molecule has 0 spiro atoms. The molecular formula is C13H15ClFN3. The first kappa shape index (κ1) is 12.9. The fourth-order valence-corrected chi connectivity index (χ4v) is 2.21. The quantitative estimate of drug-likeness (QED) is 0.904. The van der Waals surface area contributed by atoms with Gasteiger partial charge in [0.15, 0.2) is 0 Å². The van der Waals surface area contributed by atoms with Gasteiger partial charge in [0.05, 0.1) is 16.3 Å². The largest absolute Gasteiger partial charge is 0.383 e. The molecule has 18 heavy (non-hydrogen) atoms. The summed E-state index contributed by atoms with van der Waals surface area (Å²) >= 11 is 6.09. The van der Waals surface area contributed by atoms with Crippen LogP contribution in [-0.4, -0.2) is 9.78 Å². The second-order valence-electron chi connectivity index (χ2n) is 4.52. The summed E-state index contributed by atoms with van der Waals surface area (Å²) in [5.41, 5.74) is 7.66. The van der Waals surface area contributed by atoms with Crippen molar-refractivity contribution in [2.75, 3.05) is 5.73 Å². The van der Waals surface area contributed by atoms with Crippen molar-refractivity contribution in [2.24, 2.45) is 7.05 Å². The third-order valence-electron chi connectivity index (χ3n) is 2.88. The Labute approximate surface area is 110 Å². The van der Waals surface area contributed by atoms with Crippen LogP contribution in [0.4, 0.5) is 10.2 Å². The van der Waals surface area contributed by atoms with E-state index in [9.17, 15) is 4.39 Å². The summed E-state index contributed by atoms with van der Waals surface area (Å²) in [7, 11) is 1.74. The molecule has 0 saturated heterocycles. The molecule has 1 aromatic carbocycles. The molecule has 0 aliphatic heterocycles. The number of aryl methyl sites for hydroxylation is 1. The molecule has 0 atom stereocenters. The summed E-state index contributed by atoms with van der Waals surface area (Å²) in [5.74, 6) is 0.175. The van der Waals surface area contributed by atoms with Crippen molar-refractivity contribution in [1.29, 1.82) is 0 Å². The van der Waals surface area contributed by atoms with E-state index in [2.05, 4.69) is 5.10 Å². The predicted octanol–water partition coefficient (Wildman–Crippen LogP) is 3.59. The Morgan fingerprint density at radius 3 is 2.56 bits per heavy atom. The smallest absolute Gasteiger partial charge is 0.132 e. The molecule has 0 aliphatic rings. The normalized spacial score (nSPS) is 11.2. The minimum Gasteiger partial charge on any atom is -0.383 e. The van der Waals surface area contributed by atoms with E-state index in [1.165, 1.54) is 6.07 Å². The highest BCUT2D eigenvalue weighted by molar-refractivity contribution is 6.33. The van der Waals surface area contributed by atoms with Crippen molar-refractivity contribution in [3.8, 4) is 11.1 Å². The highest BCUT2D eigenvalue weighted by Crippen LogP contribution is 2.38. The third-order valence-corrected chi connectivity index (χ3v) is 3.19. The van der Waals surface area contributed by atoms with Crippen molar-refractivity contribution < 1.29 is 4.39 Å². The van der Waals surface area contributed by atoms with Crippen LogP contribution in [0.25, 0.3) is 11.1 Å². The van der Waals surface area contributed by atoms with E-state index in [0.717, 1.165) is 5.69 Å². The Morgan fingerprint density at radius 1 is 1.33 bits per heavy atom. The van der Waals surface area contributed by atoms with Gasteiger partial charge >= 0.3 is 0 Å². The highest BCUT2D eigenvalue weighted by Gasteiger charge is 2.22. The lowest BCUT2D eigenvalue weighted by atomic mass is 9.99. The second-order valence-corrected chi connectivity index (χ2v) is 4.93. The fourth-order valence-electron chi connectivity index (χ4n) is 1.96. The molecule has 2 N–H and O–H groups in total. The van der Waals surface area contributed by atoms with Crippen molar-refractivity contribution in [3.63, 3.8) is 0 Å². The summed E-state index contributed by atoms with van der Waals surface area (Å²) < 4.78 is 15.5. The van der Waals surface area contributed by atoms with Crippen LogP contribution in [0.5, 0.6) is 0 Å². The molecule has 0 unspecified atom stereocenters. The van der Waals surface area contributed by atoms with E-state index in [0.29, 0.717) is 22.0 Å². The zero-order valence-corrected chi connectivity index (χ0v) is 11.3. The predicted molar refractivity (Wildman–Crippen MR) is 72.1 cm³/mol. The van der Waals surface area contributed by atoms with Crippen LogP contribution in [0.1, 0.15) is 25.5 Å². The average molecular weight is 268 g/mol. The second kappa shape index (κ2) is 4.61. The summed E-state index contributed by atoms with van der Waals surface area (Å²) in [6.07, 6.45) is 0. The van der Waals surface area contributed by atoms with Crippen LogP contribution < -0.4 is 5.73 Å². The molecule has 0 fully saturated rings. The minimum absolute atomic E-state index is 0.138. The number of nitrogens with two attached hydrogens (primary N) is 1. The van der Waals surface area contributed by atoms with Gasteiger partial charge in [-0.1, -0.05) is 31.5 Å². The third kappa shape index (κ3) is 1.97. The van der Waals surface area contributed by atoms with E-state index < -0.39 is 0 Å². The number of hydrogen-bond donors (Lipinski definition) is 1. The summed E-state index contributed by atoms with van der Waals surface area (Å²) in [6.45, 7) is 3.97.